The van der Waals surface area contributed by atoms with Crippen molar-refractivity contribution in [2.75, 3.05) is 11.8 Å². The van der Waals surface area contributed by atoms with Gasteiger partial charge in [-0.1, -0.05) is 12.8 Å². The van der Waals surface area contributed by atoms with Crippen molar-refractivity contribution in [2.45, 2.75) is 52.0 Å². The molecule has 0 radical (unpaired) electrons. The predicted octanol–water partition coefficient (Wildman–Crippen LogP) is 4.66. The Kier molecular flexibility index (Phi) is 5.19. The van der Waals surface area contributed by atoms with Gasteiger partial charge in [0.1, 0.15) is 0 Å². The zero-order chi connectivity index (χ0) is 13.9. The summed E-state index contributed by atoms with van der Waals surface area (Å²) in [6, 6.07) is 2.52. The molecule has 1 heterocycles. The van der Waals surface area contributed by atoms with Gasteiger partial charge in [0, 0.05) is 29.4 Å². The summed E-state index contributed by atoms with van der Waals surface area (Å²) in [6.45, 7) is 4.29. The van der Waals surface area contributed by atoms with Gasteiger partial charge in [0.2, 0.25) is 0 Å². The van der Waals surface area contributed by atoms with Crippen molar-refractivity contribution in [1.29, 1.82) is 0 Å². The summed E-state index contributed by atoms with van der Waals surface area (Å²) in [7, 11) is 0. The molecule has 1 aliphatic carbocycles. The molecule has 108 valence electrons. The van der Waals surface area contributed by atoms with Gasteiger partial charge in [-0.3, -0.25) is 4.68 Å². The molecule has 0 aliphatic heterocycles. The monoisotopic (exact) mass is 302 g/mol. The molecule has 2 rings (SSSR count). The first-order chi connectivity index (χ1) is 9.11. The van der Waals surface area contributed by atoms with E-state index in [4.69, 9.17) is 23.2 Å². The van der Waals surface area contributed by atoms with Crippen LogP contribution in [0.3, 0.4) is 0 Å². The van der Waals surface area contributed by atoms with Gasteiger partial charge in [-0.2, -0.15) is 5.10 Å². The Morgan fingerprint density at radius 3 is 2.42 bits per heavy atom. The Hall–Kier alpha value is -0.210. The number of hydrogen-bond acceptors (Lipinski definition) is 1. The second-order valence-corrected chi connectivity index (χ2v) is 6.70. The molecule has 2 nitrogen and oxygen atoms in total. The molecule has 0 bridgehead atoms. The SMILES string of the molecule is CC(C)n1ccc(CC(CCl)(CCl)C2CCCC2)n1. The van der Waals surface area contributed by atoms with Crippen LogP contribution in [0.25, 0.3) is 0 Å². The number of alkyl halides is 2. The molecule has 0 amide bonds. The van der Waals surface area contributed by atoms with Crippen LogP contribution in [-0.2, 0) is 6.42 Å². The van der Waals surface area contributed by atoms with E-state index in [1.54, 1.807) is 0 Å². The maximum atomic E-state index is 6.30. The summed E-state index contributed by atoms with van der Waals surface area (Å²) in [5.41, 5.74) is 1.15. The fourth-order valence-corrected chi connectivity index (χ4v) is 4.06. The normalized spacial score (nSPS) is 17.5. The average Bonchev–Trinajstić information content (AvgIpc) is 3.07. The Labute approximate surface area is 126 Å². The Bertz CT molecular complexity index is 391. The van der Waals surface area contributed by atoms with Gasteiger partial charge < -0.3 is 0 Å². The molecule has 0 spiro atoms. The summed E-state index contributed by atoms with van der Waals surface area (Å²) in [4.78, 5) is 0. The largest absolute Gasteiger partial charge is 0.270 e. The Balaban J connectivity index is 2.14. The van der Waals surface area contributed by atoms with Crippen LogP contribution in [0.15, 0.2) is 12.3 Å². The first-order valence-corrected chi connectivity index (χ1v) is 8.34. The molecule has 0 unspecified atom stereocenters. The van der Waals surface area contributed by atoms with E-state index in [1.807, 2.05) is 4.68 Å². The lowest BCUT2D eigenvalue weighted by molar-refractivity contribution is 0.222. The Morgan fingerprint density at radius 1 is 1.32 bits per heavy atom. The average molecular weight is 303 g/mol. The summed E-state index contributed by atoms with van der Waals surface area (Å²) in [5, 5.41) is 4.66. The van der Waals surface area contributed by atoms with Crippen LogP contribution in [0.5, 0.6) is 0 Å². The highest BCUT2D eigenvalue weighted by atomic mass is 35.5. The number of halogens is 2. The summed E-state index contributed by atoms with van der Waals surface area (Å²) in [6.07, 6.45) is 8.14. The Morgan fingerprint density at radius 2 is 1.95 bits per heavy atom. The van der Waals surface area contributed by atoms with E-state index in [0.29, 0.717) is 23.7 Å². The van der Waals surface area contributed by atoms with E-state index < -0.39 is 0 Å². The number of aromatic nitrogens is 2. The number of rotatable bonds is 6. The maximum Gasteiger partial charge on any atom is 0.0631 e. The lowest BCUT2D eigenvalue weighted by Gasteiger charge is -2.35. The molecule has 1 aromatic rings. The quantitative estimate of drug-likeness (QED) is 0.699. The van der Waals surface area contributed by atoms with Crippen LogP contribution in [0.2, 0.25) is 0 Å². The fraction of sp³-hybridized carbons (Fsp3) is 0.800. The van der Waals surface area contributed by atoms with Crippen LogP contribution in [0.1, 0.15) is 51.3 Å². The minimum atomic E-state index is 0.0236. The topological polar surface area (TPSA) is 17.8 Å². The highest BCUT2D eigenvalue weighted by molar-refractivity contribution is 6.21. The summed E-state index contributed by atoms with van der Waals surface area (Å²) >= 11 is 12.6. The third-order valence-corrected chi connectivity index (χ3v) is 5.54. The number of hydrogen-bond donors (Lipinski definition) is 0. The molecule has 4 heteroatoms. The molecular weight excluding hydrogens is 279 g/mol. The van der Waals surface area contributed by atoms with Crippen molar-refractivity contribution >= 4 is 23.2 Å². The van der Waals surface area contributed by atoms with Crippen LogP contribution in [0, 0.1) is 11.3 Å². The molecule has 1 saturated carbocycles. The van der Waals surface area contributed by atoms with E-state index >= 15 is 0 Å². The minimum Gasteiger partial charge on any atom is -0.270 e. The van der Waals surface area contributed by atoms with Gasteiger partial charge in [0.15, 0.2) is 0 Å². The van der Waals surface area contributed by atoms with Gasteiger partial charge in [0.05, 0.1) is 5.69 Å². The lowest BCUT2D eigenvalue weighted by Crippen LogP contribution is -2.35. The van der Waals surface area contributed by atoms with Crippen LogP contribution in [0.4, 0.5) is 0 Å². The molecule has 1 aromatic heterocycles. The standard InChI is InChI=1S/C15H24Cl2N2/c1-12(2)19-8-7-14(18-19)9-15(10-16,11-17)13-5-3-4-6-13/h7-8,12-13H,3-6,9-11H2,1-2H3. The highest BCUT2D eigenvalue weighted by Gasteiger charge is 2.39. The predicted molar refractivity (Wildman–Crippen MR) is 82.1 cm³/mol. The zero-order valence-corrected chi connectivity index (χ0v) is 13.4. The van der Waals surface area contributed by atoms with Crippen molar-refractivity contribution in [3.05, 3.63) is 18.0 Å². The minimum absolute atomic E-state index is 0.0236. The van der Waals surface area contributed by atoms with E-state index in [2.05, 4.69) is 31.2 Å². The molecule has 0 N–H and O–H groups in total. The van der Waals surface area contributed by atoms with Gasteiger partial charge in [-0.15, -0.1) is 23.2 Å². The fourth-order valence-electron chi connectivity index (χ4n) is 3.15. The van der Waals surface area contributed by atoms with Crippen LogP contribution < -0.4 is 0 Å². The summed E-state index contributed by atoms with van der Waals surface area (Å²) in [5.74, 6) is 1.93. The molecule has 1 fully saturated rings. The molecule has 0 atom stereocenters. The van der Waals surface area contributed by atoms with Gasteiger partial charge in [-0.05, 0) is 45.1 Å². The second-order valence-electron chi connectivity index (χ2n) is 6.17. The summed E-state index contributed by atoms with van der Waals surface area (Å²) < 4.78 is 2.01. The van der Waals surface area contributed by atoms with E-state index in [9.17, 15) is 0 Å². The van der Waals surface area contributed by atoms with Crippen molar-refractivity contribution in [3.63, 3.8) is 0 Å². The van der Waals surface area contributed by atoms with E-state index in [0.717, 1.165) is 12.1 Å². The molecule has 19 heavy (non-hydrogen) atoms. The van der Waals surface area contributed by atoms with Gasteiger partial charge >= 0.3 is 0 Å². The molecule has 0 aromatic carbocycles. The lowest BCUT2D eigenvalue weighted by atomic mass is 9.74. The van der Waals surface area contributed by atoms with Crippen molar-refractivity contribution < 1.29 is 0 Å². The number of nitrogens with zero attached hydrogens (tertiary/aromatic N) is 2. The van der Waals surface area contributed by atoms with Crippen LogP contribution >= 0.6 is 23.2 Å². The molecular formula is C15H24Cl2N2. The first kappa shape index (κ1) is 15.2. The van der Waals surface area contributed by atoms with Crippen molar-refractivity contribution in [3.8, 4) is 0 Å². The van der Waals surface area contributed by atoms with Gasteiger partial charge in [-0.25, -0.2) is 0 Å². The molecule has 1 aliphatic rings. The van der Waals surface area contributed by atoms with E-state index in [1.165, 1.54) is 25.7 Å². The van der Waals surface area contributed by atoms with Crippen molar-refractivity contribution in [2.24, 2.45) is 11.3 Å². The highest BCUT2D eigenvalue weighted by Crippen LogP contribution is 2.43. The molecule has 0 saturated heterocycles. The maximum absolute atomic E-state index is 6.30. The zero-order valence-electron chi connectivity index (χ0n) is 11.9. The van der Waals surface area contributed by atoms with Crippen molar-refractivity contribution in [1.82, 2.24) is 9.78 Å². The smallest absolute Gasteiger partial charge is 0.0631 e. The second kappa shape index (κ2) is 6.49. The van der Waals surface area contributed by atoms with Crippen LogP contribution in [-0.4, -0.2) is 21.5 Å². The van der Waals surface area contributed by atoms with Gasteiger partial charge in [0.25, 0.3) is 0 Å². The third kappa shape index (κ3) is 3.28. The first-order valence-electron chi connectivity index (χ1n) is 7.27. The third-order valence-electron chi connectivity index (χ3n) is 4.48. The van der Waals surface area contributed by atoms with E-state index in [-0.39, 0.29) is 5.41 Å².